The topological polar surface area (TPSA) is 60.4 Å². The van der Waals surface area contributed by atoms with Gasteiger partial charge in [0.15, 0.2) is 10.3 Å². The summed E-state index contributed by atoms with van der Waals surface area (Å²) in [6, 6.07) is -0.0648. The average Bonchev–Trinajstić information content (AvgIpc) is 2.28. The van der Waals surface area contributed by atoms with E-state index in [-0.39, 0.29) is 35.6 Å². The number of hydrogen-bond acceptors (Lipinski definition) is 3. The molecule has 4 nitrogen and oxygen atoms in total. The van der Waals surface area contributed by atoms with E-state index in [0.29, 0.717) is 0 Å². The van der Waals surface area contributed by atoms with Crippen LogP contribution in [-0.2, 0) is 10.3 Å². The average molecular weight is 229 g/mol. The Hall–Kier alpha value is 0.870. The van der Waals surface area contributed by atoms with Crippen molar-refractivity contribution in [1.82, 2.24) is 4.31 Å². The van der Waals surface area contributed by atoms with Crippen molar-refractivity contribution in [2.75, 3.05) is 7.05 Å². The van der Waals surface area contributed by atoms with Crippen LogP contribution in [0.3, 0.4) is 0 Å². The second kappa shape index (κ2) is 6.45. The van der Waals surface area contributed by atoms with Crippen LogP contribution in [0.5, 0.6) is 0 Å². The number of nitrogens with zero attached hydrogens (tertiary/aromatic N) is 1. The minimum Gasteiger partial charge on any atom is -0.735 e. The molecule has 0 unspecified atom stereocenters. The Morgan fingerprint density at radius 1 is 1.14 bits per heavy atom. The second-order valence-corrected chi connectivity index (χ2v) is 5.05. The Labute approximate surface area is 108 Å². The summed E-state index contributed by atoms with van der Waals surface area (Å²) in [4.78, 5) is 0. The largest absolute Gasteiger partial charge is 1.00 e. The van der Waals surface area contributed by atoms with Crippen LogP contribution in [0.1, 0.15) is 38.5 Å². The molecule has 1 aliphatic rings. The molecule has 0 aromatic carbocycles. The molecule has 1 rings (SSSR count). The molecule has 0 saturated heterocycles. The van der Waals surface area contributed by atoms with Crippen LogP contribution in [0.2, 0.25) is 0 Å². The van der Waals surface area contributed by atoms with Crippen molar-refractivity contribution in [3.8, 4) is 0 Å². The zero-order chi connectivity index (χ0) is 9.90. The van der Waals surface area contributed by atoms with Crippen molar-refractivity contribution in [2.45, 2.75) is 44.6 Å². The first-order chi connectivity index (χ1) is 6.02. The van der Waals surface area contributed by atoms with Gasteiger partial charge in [-0.15, -0.1) is 0 Å². The molecule has 0 heterocycles. The van der Waals surface area contributed by atoms with Crippen LogP contribution in [0.25, 0.3) is 0 Å². The zero-order valence-electron chi connectivity index (χ0n) is 8.90. The molecule has 0 aromatic rings. The Kier molecular flexibility index (Phi) is 6.85. The molecule has 78 valence electrons. The van der Waals surface area contributed by atoms with E-state index in [2.05, 4.69) is 0 Å². The van der Waals surface area contributed by atoms with E-state index in [9.17, 15) is 13.0 Å². The van der Waals surface area contributed by atoms with E-state index in [1.54, 1.807) is 0 Å². The fourth-order valence-corrected chi connectivity index (χ4v) is 2.38. The third-order valence-corrected chi connectivity index (χ3v) is 3.70. The Balaban J connectivity index is 0.00000169. The van der Waals surface area contributed by atoms with E-state index < -0.39 is 10.3 Å². The molecule has 0 aromatic heterocycles. The Morgan fingerprint density at radius 2 is 1.57 bits per heavy atom. The molecule has 1 aliphatic carbocycles. The third kappa shape index (κ3) is 4.59. The van der Waals surface area contributed by atoms with Gasteiger partial charge >= 0.3 is 29.6 Å². The summed E-state index contributed by atoms with van der Waals surface area (Å²) in [7, 11) is -2.85. The first-order valence-corrected chi connectivity index (χ1v) is 6.07. The van der Waals surface area contributed by atoms with E-state index in [1.807, 2.05) is 0 Å². The molecule has 14 heavy (non-hydrogen) atoms. The minimum atomic E-state index is -4.24. The summed E-state index contributed by atoms with van der Waals surface area (Å²) in [5.41, 5.74) is 0. The number of rotatable bonds is 2. The predicted molar refractivity (Wildman–Crippen MR) is 49.0 cm³/mol. The van der Waals surface area contributed by atoms with Gasteiger partial charge in [-0.2, -0.15) is 0 Å². The van der Waals surface area contributed by atoms with Gasteiger partial charge in [-0.1, -0.05) is 25.7 Å². The molecule has 0 N–H and O–H groups in total. The fraction of sp³-hybridized carbons (Fsp3) is 1.00. The first kappa shape index (κ1) is 14.9. The SMILES string of the molecule is CN(C1CCCCCC1)S(=O)(=O)[O-].[Na+]. The normalized spacial score (nSPS) is 20.2. The van der Waals surface area contributed by atoms with Crippen LogP contribution in [0, 0.1) is 0 Å². The standard InChI is InChI=1S/C8H17NO3S.Na/c1-9(13(10,11)12)8-6-4-2-3-5-7-8;/h8H,2-7H2,1H3,(H,10,11,12);/q;+1/p-1. The van der Waals surface area contributed by atoms with Crippen molar-refractivity contribution < 1.29 is 42.5 Å². The van der Waals surface area contributed by atoms with Gasteiger partial charge in [0, 0.05) is 13.1 Å². The van der Waals surface area contributed by atoms with Crippen molar-refractivity contribution >= 4 is 10.3 Å². The smallest absolute Gasteiger partial charge is 0.735 e. The van der Waals surface area contributed by atoms with Gasteiger partial charge in [-0.25, -0.2) is 12.7 Å². The van der Waals surface area contributed by atoms with E-state index in [4.69, 9.17) is 0 Å². The van der Waals surface area contributed by atoms with Crippen molar-refractivity contribution in [3.05, 3.63) is 0 Å². The summed E-state index contributed by atoms with van der Waals surface area (Å²) in [5, 5.41) is 0. The maximum atomic E-state index is 10.7. The Morgan fingerprint density at radius 3 is 1.93 bits per heavy atom. The monoisotopic (exact) mass is 229 g/mol. The molecule has 0 radical (unpaired) electrons. The Bertz CT molecular complexity index is 247. The van der Waals surface area contributed by atoms with Crippen molar-refractivity contribution in [3.63, 3.8) is 0 Å². The summed E-state index contributed by atoms with van der Waals surface area (Å²) in [6.07, 6.45) is 6.04. The zero-order valence-corrected chi connectivity index (χ0v) is 11.7. The summed E-state index contributed by atoms with van der Waals surface area (Å²) in [5.74, 6) is 0. The molecular formula is C8H16NNaO3S. The van der Waals surface area contributed by atoms with Gasteiger partial charge in [0.25, 0.3) is 0 Å². The van der Waals surface area contributed by atoms with Crippen LogP contribution < -0.4 is 29.6 Å². The van der Waals surface area contributed by atoms with Gasteiger partial charge in [-0.3, -0.25) is 0 Å². The van der Waals surface area contributed by atoms with Crippen LogP contribution >= 0.6 is 0 Å². The molecule has 0 atom stereocenters. The van der Waals surface area contributed by atoms with Crippen molar-refractivity contribution in [2.24, 2.45) is 0 Å². The summed E-state index contributed by atoms with van der Waals surface area (Å²) < 4.78 is 33.1. The van der Waals surface area contributed by atoms with Gasteiger partial charge in [0.2, 0.25) is 0 Å². The van der Waals surface area contributed by atoms with Crippen LogP contribution in [0.15, 0.2) is 0 Å². The molecular weight excluding hydrogens is 213 g/mol. The minimum absolute atomic E-state index is 0. The maximum Gasteiger partial charge on any atom is 1.00 e. The quantitative estimate of drug-likeness (QED) is 0.316. The molecule has 0 amide bonds. The second-order valence-electron chi connectivity index (χ2n) is 3.62. The fourth-order valence-electron chi connectivity index (χ4n) is 1.80. The van der Waals surface area contributed by atoms with E-state index in [0.717, 1.165) is 42.8 Å². The van der Waals surface area contributed by atoms with Crippen molar-refractivity contribution in [1.29, 1.82) is 0 Å². The summed E-state index contributed by atoms with van der Waals surface area (Å²) >= 11 is 0. The summed E-state index contributed by atoms with van der Waals surface area (Å²) in [6.45, 7) is 0. The molecule has 1 fully saturated rings. The van der Waals surface area contributed by atoms with Gasteiger partial charge in [-0.05, 0) is 12.8 Å². The van der Waals surface area contributed by atoms with Crippen LogP contribution in [-0.4, -0.2) is 30.4 Å². The van der Waals surface area contributed by atoms with Gasteiger partial charge < -0.3 is 4.55 Å². The van der Waals surface area contributed by atoms with Crippen LogP contribution in [0.4, 0.5) is 0 Å². The molecule has 0 spiro atoms. The van der Waals surface area contributed by atoms with E-state index >= 15 is 0 Å². The molecule has 0 bridgehead atoms. The predicted octanol–water partition coefficient (Wildman–Crippen LogP) is -1.89. The molecule has 6 heteroatoms. The maximum absolute atomic E-state index is 10.7. The van der Waals surface area contributed by atoms with Gasteiger partial charge in [0.05, 0.1) is 0 Å². The third-order valence-electron chi connectivity index (χ3n) is 2.69. The molecule has 1 saturated carbocycles. The van der Waals surface area contributed by atoms with Gasteiger partial charge in [0.1, 0.15) is 0 Å². The molecule has 0 aliphatic heterocycles. The number of hydrogen-bond donors (Lipinski definition) is 0. The first-order valence-electron chi connectivity index (χ1n) is 4.70. The van der Waals surface area contributed by atoms with E-state index in [1.165, 1.54) is 7.05 Å².